The molecule has 26 heavy (non-hydrogen) atoms. The molecule has 0 unspecified atom stereocenters. The second-order valence-corrected chi connectivity index (χ2v) is 6.94. The Bertz CT molecular complexity index is 792. The summed E-state index contributed by atoms with van der Waals surface area (Å²) < 4.78 is 0. The van der Waals surface area contributed by atoms with Crippen LogP contribution >= 0.6 is 23.2 Å². The predicted octanol–water partition coefficient (Wildman–Crippen LogP) is 3.98. The minimum Gasteiger partial charge on any atom is -0.345 e. The van der Waals surface area contributed by atoms with Gasteiger partial charge in [0.15, 0.2) is 0 Å². The zero-order valence-electron chi connectivity index (χ0n) is 14.8. The average molecular weight is 394 g/mol. The first kappa shape index (κ1) is 20.2. The Morgan fingerprint density at radius 2 is 1.73 bits per heavy atom. The van der Waals surface area contributed by atoms with Gasteiger partial charge in [0, 0.05) is 41.4 Å². The molecular formula is C19H21Cl2N3O2. The van der Waals surface area contributed by atoms with Crippen molar-refractivity contribution in [2.75, 3.05) is 26.0 Å². The SMILES string of the molecule is C[C@H](NCC(=O)Nc1ccc(C(=O)N(C)C)cc1)c1ccc(Cl)cc1Cl. The van der Waals surface area contributed by atoms with E-state index in [1.165, 1.54) is 4.90 Å². The Balaban J connectivity index is 1.89. The number of hydrogen-bond acceptors (Lipinski definition) is 3. The molecule has 0 heterocycles. The molecule has 2 aromatic rings. The smallest absolute Gasteiger partial charge is 0.253 e. The molecule has 7 heteroatoms. The molecule has 0 bridgehead atoms. The van der Waals surface area contributed by atoms with Crippen molar-refractivity contribution >= 4 is 40.7 Å². The fourth-order valence-electron chi connectivity index (χ4n) is 2.37. The average Bonchev–Trinajstić information content (AvgIpc) is 2.59. The van der Waals surface area contributed by atoms with Gasteiger partial charge in [0.2, 0.25) is 5.91 Å². The summed E-state index contributed by atoms with van der Waals surface area (Å²) >= 11 is 12.1. The lowest BCUT2D eigenvalue weighted by molar-refractivity contribution is -0.115. The minimum absolute atomic E-state index is 0.0850. The Morgan fingerprint density at radius 3 is 2.31 bits per heavy atom. The van der Waals surface area contributed by atoms with Gasteiger partial charge < -0.3 is 15.5 Å². The van der Waals surface area contributed by atoms with Crippen molar-refractivity contribution in [3.63, 3.8) is 0 Å². The molecule has 5 nitrogen and oxygen atoms in total. The lowest BCUT2D eigenvalue weighted by Gasteiger charge is -2.16. The maximum atomic E-state index is 12.1. The molecule has 0 aliphatic carbocycles. The molecule has 1 atom stereocenters. The van der Waals surface area contributed by atoms with Crippen LogP contribution in [0.1, 0.15) is 28.9 Å². The number of halogens is 2. The molecule has 0 fully saturated rings. The van der Waals surface area contributed by atoms with Crippen LogP contribution in [0.25, 0.3) is 0 Å². The van der Waals surface area contributed by atoms with E-state index < -0.39 is 0 Å². The molecule has 0 aliphatic rings. The Morgan fingerprint density at radius 1 is 1.08 bits per heavy atom. The normalized spacial score (nSPS) is 11.7. The highest BCUT2D eigenvalue weighted by Gasteiger charge is 2.12. The van der Waals surface area contributed by atoms with Crippen LogP contribution in [-0.4, -0.2) is 37.4 Å². The van der Waals surface area contributed by atoms with E-state index in [1.54, 1.807) is 50.5 Å². The standard InChI is InChI=1S/C19H21Cl2N3O2/c1-12(16-9-6-14(20)10-17(16)21)22-11-18(25)23-15-7-4-13(5-8-15)19(26)24(2)3/h4-10,12,22H,11H2,1-3H3,(H,23,25)/t12-/m0/s1. The van der Waals surface area contributed by atoms with E-state index in [2.05, 4.69) is 10.6 Å². The lowest BCUT2D eigenvalue weighted by Crippen LogP contribution is -2.30. The highest BCUT2D eigenvalue weighted by atomic mass is 35.5. The van der Waals surface area contributed by atoms with E-state index in [-0.39, 0.29) is 24.4 Å². The number of rotatable bonds is 6. The van der Waals surface area contributed by atoms with Gasteiger partial charge in [0.25, 0.3) is 5.91 Å². The molecule has 2 rings (SSSR count). The fraction of sp³-hybridized carbons (Fsp3) is 0.263. The van der Waals surface area contributed by atoms with Crippen molar-refractivity contribution < 1.29 is 9.59 Å². The Hall–Kier alpha value is -2.08. The number of carbonyl (C=O) groups is 2. The molecule has 2 N–H and O–H groups in total. The summed E-state index contributed by atoms with van der Waals surface area (Å²) in [5.74, 6) is -0.271. The molecule has 138 valence electrons. The maximum Gasteiger partial charge on any atom is 0.253 e. The van der Waals surface area contributed by atoms with Crippen LogP contribution in [0.15, 0.2) is 42.5 Å². The number of benzene rings is 2. The Kier molecular flexibility index (Phi) is 7.03. The van der Waals surface area contributed by atoms with Crippen molar-refractivity contribution in [1.29, 1.82) is 0 Å². The van der Waals surface area contributed by atoms with Gasteiger partial charge in [-0.2, -0.15) is 0 Å². The maximum absolute atomic E-state index is 12.1. The predicted molar refractivity (Wildman–Crippen MR) is 106 cm³/mol. The van der Waals surface area contributed by atoms with E-state index in [9.17, 15) is 9.59 Å². The third-order valence-electron chi connectivity index (χ3n) is 3.82. The number of nitrogens with zero attached hydrogens (tertiary/aromatic N) is 1. The third kappa shape index (κ3) is 5.46. The molecule has 0 spiro atoms. The van der Waals surface area contributed by atoms with Crippen LogP contribution in [0.3, 0.4) is 0 Å². The Labute approximate surface area is 163 Å². The second-order valence-electron chi connectivity index (χ2n) is 6.09. The summed E-state index contributed by atoms with van der Waals surface area (Å²) in [6.45, 7) is 2.04. The van der Waals surface area contributed by atoms with E-state index in [0.717, 1.165) is 5.56 Å². The summed E-state index contributed by atoms with van der Waals surface area (Å²) in [6.07, 6.45) is 0. The summed E-state index contributed by atoms with van der Waals surface area (Å²) in [6, 6.07) is 11.9. The van der Waals surface area contributed by atoms with Gasteiger partial charge in [0.1, 0.15) is 0 Å². The highest BCUT2D eigenvalue weighted by Crippen LogP contribution is 2.25. The van der Waals surface area contributed by atoms with E-state index in [1.807, 2.05) is 13.0 Å². The molecule has 2 aromatic carbocycles. The zero-order valence-corrected chi connectivity index (χ0v) is 16.4. The van der Waals surface area contributed by atoms with Crippen molar-refractivity contribution in [2.45, 2.75) is 13.0 Å². The van der Waals surface area contributed by atoms with Crippen molar-refractivity contribution in [3.8, 4) is 0 Å². The van der Waals surface area contributed by atoms with Gasteiger partial charge in [-0.25, -0.2) is 0 Å². The number of anilines is 1. The van der Waals surface area contributed by atoms with Gasteiger partial charge in [-0.3, -0.25) is 9.59 Å². The molecule has 0 aliphatic heterocycles. The second kappa shape index (κ2) is 9.03. The summed E-state index contributed by atoms with van der Waals surface area (Å²) in [5.41, 5.74) is 2.07. The van der Waals surface area contributed by atoms with Gasteiger partial charge >= 0.3 is 0 Å². The largest absolute Gasteiger partial charge is 0.345 e. The first-order valence-electron chi connectivity index (χ1n) is 8.08. The molecule has 0 saturated heterocycles. The van der Waals surface area contributed by atoms with Crippen molar-refractivity contribution in [2.24, 2.45) is 0 Å². The number of nitrogens with one attached hydrogen (secondary N) is 2. The molecular weight excluding hydrogens is 373 g/mol. The minimum atomic E-state index is -0.186. The van der Waals surface area contributed by atoms with Crippen molar-refractivity contribution in [3.05, 3.63) is 63.6 Å². The number of carbonyl (C=O) groups excluding carboxylic acids is 2. The zero-order chi connectivity index (χ0) is 19.3. The quantitative estimate of drug-likeness (QED) is 0.779. The summed E-state index contributed by atoms with van der Waals surface area (Å²) in [4.78, 5) is 25.5. The van der Waals surface area contributed by atoms with Crippen LogP contribution in [0.2, 0.25) is 10.0 Å². The van der Waals surface area contributed by atoms with Crippen LogP contribution in [0.5, 0.6) is 0 Å². The van der Waals surface area contributed by atoms with Crippen LogP contribution < -0.4 is 10.6 Å². The van der Waals surface area contributed by atoms with Gasteiger partial charge in [0.05, 0.1) is 6.54 Å². The lowest BCUT2D eigenvalue weighted by atomic mass is 10.1. The van der Waals surface area contributed by atoms with E-state index in [0.29, 0.717) is 21.3 Å². The molecule has 0 saturated carbocycles. The first-order valence-corrected chi connectivity index (χ1v) is 8.83. The third-order valence-corrected chi connectivity index (χ3v) is 4.38. The molecule has 0 aromatic heterocycles. The van der Waals surface area contributed by atoms with E-state index >= 15 is 0 Å². The monoisotopic (exact) mass is 393 g/mol. The summed E-state index contributed by atoms with van der Waals surface area (Å²) in [7, 11) is 3.38. The van der Waals surface area contributed by atoms with Crippen LogP contribution in [0, 0.1) is 0 Å². The topological polar surface area (TPSA) is 61.4 Å². The molecule has 2 amide bonds. The number of hydrogen-bond donors (Lipinski definition) is 2. The summed E-state index contributed by atoms with van der Waals surface area (Å²) in [5, 5.41) is 7.03. The number of amides is 2. The van der Waals surface area contributed by atoms with Crippen LogP contribution in [0.4, 0.5) is 5.69 Å². The van der Waals surface area contributed by atoms with E-state index in [4.69, 9.17) is 23.2 Å². The fourth-order valence-corrected chi connectivity index (χ4v) is 2.94. The highest BCUT2D eigenvalue weighted by molar-refractivity contribution is 6.35. The van der Waals surface area contributed by atoms with Gasteiger partial charge in [-0.1, -0.05) is 29.3 Å². The van der Waals surface area contributed by atoms with Gasteiger partial charge in [-0.15, -0.1) is 0 Å². The van der Waals surface area contributed by atoms with Gasteiger partial charge in [-0.05, 0) is 48.9 Å². The van der Waals surface area contributed by atoms with Crippen molar-refractivity contribution in [1.82, 2.24) is 10.2 Å². The first-order chi connectivity index (χ1) is 12.3. The van der Waals surface area contributed by atoms with Crippen LogP contribution in [-0.2, 0) is 4.79 Å². The molecule has 0 radical (unpaired) electrons.